The second-order valence-corrected chi connectivity index (χ2v) is 4.70. The van der Waals surface area contributed by atoms with Gasteiger partial charge in [-0.05, 0) is 59.0 Å². The van der Waals surface area contributed by atoms with Gasteiger partial charge in [0.25, 0.3) is 0 Å². The van der Waals surface area contributed by atoms with Crippen molar-refractivity contribution in [1.29, 1.82) is 0 Å². The van der Waals surface area contributed by atoms with Crippen molar-refractivity contribution in [3.8, 4) is 0 Å². The van der Waals surface area contributed by atoms with Crippen molar-refractivity contribution in [3.05, 3.63) is 33.1 Å². The van der Waals surface area contributed by atoms with Crippen molar-refractivity contribution in [1.82, 2.24) is 0 Å². The average Bonchev–Trinajstić information content (AvgIpc) is 2.91. The molecule has 1 aliphatic rings. The second kappa shape index (κ2) is 3.53. The predicted octanol–water partition coefficient (Wildman–Crippen LogP) is 2.84. The van der Waals surface area contributed by atoms with Crippen molar-refractivity contribution in [2.75, 3.05) is 0 Å². The zero-order valence-corrected chi connectivity index (χ0v) is 9.29. The maximum Gasteiger partial charge on any atom is 0.136 e. The van der Waals surface area contributed by atoms with Crippen LogP contribution in [0.2, 0.25) is 0 Å². The highest BCUT2D eigenvalue weighted by atomic mass is 127. The van der Waals surface area contributed by atoms with Gasteiger partial charge in [-0.25, -0.2) is 4.39 Å². The van der Waals surface area contributed by atoms with E-state index in [-0.39, 0.29) is 11.9 Å². The van der Waals surface area contributed by atoms with Crippen LogP contribution in [-0.4, -0.2) is 0 Å². The van der Waals surface area contributed by atoms with E-state index in [9.17, 15) is 4.39 Å². The summed E-state index contributed by atoms with van der Waals surface area (Å²) in [6.07, 6.45) is 2.43. The summed E-state index contributed by atoms with van der Waals surface area (Å²) >= 11 is 2.00. The lowest BCUT2D eigenvalue weighted by molar-refractivity contribution is 0.607. The molecule has 2 rings (SSSR count). The molecule has 70 valence electrons. The highest BCUT2D eigenvalue weighted by molar-refractivity contribution is 14.1. The molecule has 1 aromatic carbocycles. The lowest BCUT2D eigenvalue weighted by Gasteiger charge is -2.10. The molecule has 0 amide bonds. The minimum atomic E-state index is -0.160. The second-order valence-electron chi connectivity index (χ2n) is 3.54. The maximum atomic E-state index is 12.9. The van der Waals surface area contributed by atoms with E-state index in [2.05, 4.69) is 0 Å². The monoisotopic (exact) mass is 291 g/mol. The van der Waals surface area contributed by atoms with E-state index in [0.29, 0.717) is 9.49 Å². The summed E-state index contributed by atoms with van der Waals surface area (Å²) in [5.74, 6) is 0.466. The summed E-state index contributed by atoms with van der Waals surface area (Å²) in [6.45, 7) is 0. The molecule has 0 heterocycles. The Bertz CT molecular complexity index is 323. The molecule has 0 radical (unpaired) electrons. The molecular formula is C10H11FIN. The molecular weight excluding hydrogens is 280 g/mol. The van der Waals surface area contributed by atoms with E-state index in [1.165, 1.54) is 18.9 Å². The van der Waals surface area contributed by atoms with Gasteiger partial charge >= 0.3 is 0 Å². The fourth-order valence-electron chi connectivity index (χ4n) is 1.45. The number of halogens is 2. The SMILES string of the molecule is NC(c1ccc(F)c(I)c1)C1CC1. The number of hydrogen-bond acceptors (Lipinski definition) is 1. The first kappa shape index (κ1) is 9.40. The Balaban J connectivity index is 2.24. The van der Waals surface area contributed by atoms with Gasteiger partial charge in [0, 0.05) is 9.61 Å². The van der Waals surface area contributed by atoms with E-state index in [1.54, 1.807) is 6.07 Å². The van der Waals surface area contributed by atoms with Crippen molar-refractivity contribution >= 4 is 22.6 Å². The zero-order valence-electron chi connectivity index (χ0n) is 7.13. The Morgan fingerprint density at radius 2 is 2.15 bits per heavy atom. The third kappa shape index (κ3) is 2.02. The van der Waals surface area contributed by atoms with Crippen LogP contribution < -0.4 is 5.73 Å². The topological polar surface area (TPSA) is 26.0 Å². The molecule has 1 saturated carbocycles. The summed E-state index contributed by atoms with van der Waals surface area (Å²) in [7, 11) is 0. The summed E-state index contributed by atoms with van der Waals surface area (Å²) in [6, 6.07) is 5.24. The number of nitrogens with two attached hydrogens (primary N) is 1. The van der Waals surface area contributed by atoms with E-state index >= 15 is 0 Å². The molecule has 3 heteroatoms. The van der Waals surface area contributed by atoms with E-state index in [0.717, 1.165) is 5.56 Å². The summed E-state index contributed by atoms with van der Waals surface area (Å²) in [5, 5.41) is 0. The Morgan fingerprint density at radius 3 is 2.69 bits per heavy atom. The van der Waals surface area contributed by atoms with E-state index in [1.807, 2.05) is 28.7 Å². The Labute approximate surface area is 90.7 Å². The number of hydrogen-bond donors (Lipinski definition) is 1. The predicted molar refractivity (Wildman–Crippen MR) is 58.8 cm³/mol. The van der Waals surface area contributed by atoms with Crippen molar-refractivity contribution < 1.29 is 4.39 Å². The molecule has 0 bridgehead atoms. The number of rotatable bonds is 2. The van der Waals surface area contributed by atoms with Gasteiger partial charge in [0.05, 0.1) is 0 Å². The smallest absolute Gasteiger partial charge is 0.136 e. The minimum absolute atomic E-state index is 0.106. The molecule has 1 aliphatic carbocycles. The molecule has 1 aromatic rings. The van der Waals surface area contributed by atoms with Gasteiger partial charge in [-0.3, -0.25) is 0 Å². The van der Waals surface area contributed by atoms with Gasteiger partial charge in [0.15, 0.2) is 0 Å². The van der Waals surface area contributed by atoms with Crippen LogP contribution in [0.15, 0.2) is 18.2 Å². The summed E-state index contributed by atoms with van der Waals surface area (Å²) < 4.78 is 13.6. The van der Waals surface area contributed by atoms with Crippen LogP contribution >= 0.6 is 22.6 Å². The van der Waals surface area contributed by atoms with E-state index < -0.39 is 0 Å². The minimum Gasteiger partial charge on any atom is -0.324 e. The molecule has 1 fully saturated rings. The fraction of sp³-hybridized carbons (Fsp3) is 0.400. The molecule has 0 aliphatic heterocycles. The fourth-order valence-corrected chi connectivity index (χ4v) is 1.99. The van der Waals surface area contributed by atoms with Gasteiger partial charge in [-0.15, -0.1) is 0 Å². The van der Waals surface area contributed by atoms with Crippen LogP contribution in [0, 0.1) is 15.3 Å². The van der Waals surface area contributed by atoms with Crippen LogP contribution in [-0.2, 0) is 0 Å². The highest BCUT2D eigenvalue weighted by Crippen LogP contribution is 2.39. The normalized spacial score (nSPS) is 18.7. The first-order chi connectivity index (χ1) is 6.18. The summed E-state index contributed by atoms with van der Waals surface area (Å²) in [5.41, 5.74) is 7.06. The molecule has 1 atom stereocenters. The molecule has 13 heavy (non-hydrogen) atoms. The first-order valence-corrected chi connectivity index (χ1v) is 5.47. The summed E-state index contributed by atoms with van der Waals surface area (Å²) in [4.78, 5) is 0. The maximum absolute atomic E-state index is 12.9. The van der Waals surface area contributed by atoms with Gasteiger partial charge in [0.1, 0.15) is 5.82 Å². The number of benzene rings is 1. The lowest BCUT2D eigenvalue weighted by Crippen LogP contribution is -2.12. The van der Waals surface area contributed by atoms with Crippen molar-refractivity contribution in [3.63, 3.8) is 0 Å². The highest BCUT2D eigenvalue weighted by Gasteiger charge is 2.29. The lowest BCUT2D eigenvalue weighted by atomic mass is 10.0. The Hall–Kier alpha value is -0.160. The average molecular weight is 291 g/mol. The Morgan fingerprint density at radius 1 is 1.46 bits per heavy atom. The zero-order chi connectivity index (χ0) is 9.42. The molecule has 1 nitrogen and oxygen atoms in total. The Kier molecular flexibility index (Phi) is 2.55. The van der Waals surface area contributed by atoms with Crippen molar-refractivity contribution in [2.24, 2.45) is 11.7 Å². The third-order valence-electron chi connectivity index (χ3n) is 2.46. The van der Waals surface area contributed by atoms with Crippen LogP contribution in [0.5, 0.6) is 0 Å². The molecule has 0 aromatic heterocycles. The standard InChI is InChI=1S/C10H11FIN/c11-8-4-3-7(5-9(8)12)10(13)6-1-2-6/h3-6,10H,1-2,13H2. The van der Waals surface area contributed by atoms with Gasteiger partial charge in [-0.2, -0.15) is 0 Å². The molecule has 0 saturated heterocycles. The largest absolute Gasteiger partial charge is 0.324 e. The van der Waals surface area contributed by atoms with Crippen LogP contribution in [0.3, 0.4) is 0 Å². The third-order valence-corrected chi connectivity index (χ3v) is 3.29. The molecule has 0 spiro atoms. The first-order valence-electron chi connectivity index (χ1n) is 4.39. The quantitative estimate of drug-likeness (QED) is 0.833. The van der Waals surface area contributed by atoms with Crippen LogP contribution in [0.4, 0.5) is 4.39 Å². The van der Waals surface area contributed by atoms with Gasteiger partial charge < -0.3 is 5.73 Å². The van der Waals surface area contributed by atoms with Crippen molar-refractivity contribution in [2.45, 2.75) is 18.9 Å². The van der Waals surface area contributed by atoms with Crippen LogP contribution in [0.1, 0.15) is 24.4 Å². The van der Waals surface area contributed by atoms with Gasteiger partial charge in [0.2, 0.25) is 0 Å². The molecule has 2 N–H and O–H groups in total. The van der Waals surface area contributed by atoms with Gasteiger partial charge in [-0.1, -0.05) is 6.07 Å². The van der Waals surface area contributed by atoms with Crippen LogP contribution in [0.25, 0.3) is 0 Å². The molecule has 1 unspecified atom stereocenters. The van der Waals surface area contributed by atoms with E-state index in [4.69, 9.17) is 5.73 Å².